The van der Waals surface area contributed by atoms with E-state index in [0.29, 0.717) is 12.5 Å². The van der Waals surface area contributed by atoms with Gasteiger partial charge < -0.3 is 5.73 Å². The van der Waals surface area contributed by atoms with Gasteiger partial charge in [-0.15, -0.1) is 11.3 Å². The molecule has 0 fully saturated rings. The summed E-state index contributed by atoms with van der Waals surface area (Å²) in [6.45, 7) is 4.97. The molecule has 2 heterocycles. The largest absolute Gasteiger partial charge is 0.330 e. The molecule has 0 aliphatic rings. The summed E-state index contributed by atoms with van der Waals surface area (Å²) in [6, 6.07) is 0. The highest BCUT2D eigenvalue weighted by molar-refractivity contribution is 7.12. The maximum absolute atomic E-state index is 5.63. The molecule has 0 bridgehead atoms. The van der Waals surface area contributed by atoms with Crippen molar-refractivity contribution in [3.8, 4) is 11.3 Å². The Balaban J connectivity index is 2.40. The minimum absolute atomic E-state index is 0.460. The zero-order valence-electron chi connectivity index (χ0n) is 10.5. The summed E-state index contributed by atoms with van der Waals surface area (Å²) in [6.07, 6.45) is 4.87. The van der Waals surface area contributed by atoms with Crippen LogP contribution in [0.2, 0.25) is 0 Å². The van der Waals surface area contributed by atoms with Crippen molar-refractivity contribution < 1.29 is 0 Å². The van der Waals surface area contributed by atoms with Crippen LogP contribution in [0.5, 0.6) is 0 Å². The fourth-order valence-electron chi connectivity index (χ4n) is 1.91. The average Bonchev–Trinajstić information content (AvgIpc) is 2.84. The molecule has 2 N–H and O–H groups in total. The van der Waals surface area contributed by atoms with Crippen LogP contribution in [0.4, 0.5) is 0 Å². The number of nitrogens with two attached hydrogens (primary N) is 1. The third kappa shape index (κ3) is 2.56. The second-order valence-electron chi connectivity index (χ2n) is 4.33. The lowest BCUT2D eigenvalue weighted by atomic mass is 10.0. The zero-order chi connectivity index (χ0) is 12.4. The summed E-state index contributed by atoms with van der Waals surface area (Å²) >= 11 is 1.76. The Morgan fingerprint density at radius 1 is 1.53 bits per heavy atom. The van der Waals surface area contributed by atoms with Crippen molar-refractivity contribution in [3.63, 3.8) is 0 Å². The Kier molecular flexibility index (Phi) is 3.59. The van der Waals surface area contributed by atoms with Gasteiger partial charge in [-0.3, -0.25) is 4.68 Å². The number of aromatic nitrogens is 3. The lowest BCUT2D eigenvalue weighted by Crippen LogP contribution is -2.04. The number of thiazole rings is 1. The predicted octanol–water partition coefficient (Wildman–Crippen LogP) is 2.30. The number of hydrogen-bond acceptors (Lipinski definition) is 4. The van der Waals surface area contributed by atoms with Crippen molar-refractivity contribution in [1.29, 1.82) is 0 Å². The fourth-order valence-corrected chi connectivity index (χ4v) is 2.94. The SMILES string of the molecule is Cc1nc(-c2cnn(C)c2)c(C(C)CCN)s1. The molecular formula is C12H18N4S. The van der Waals surface area contributed by atoms with Crippen LogP contribution in [0.25, 0.3) is 11.3 Å². The van der Waals surface area contributed by atoms with E-state index in [1.165, 1.54) is 4.88 Å². The summed E-state index contributed by atoms with van der Waals surface area (Å²) in [7, 11) is 1.92. The highest BCUT2D eigenvalue weighted by Gasteiger charge is 2.17. The van der Waals surface area contributed by atoms with Crippen LogP contribution in [0, 0.1) is 6.92 Å². The first-order chi connectivity index (χ1) is 8.11. The van der Waals surface area contributed by atoms with E-state index in [9.17, 15) is 0 Å². The quantitative estimate of drug-likeness (QED) is 0.906. The molecule has 0 spiro atoms. The van der Waals surface area contributed by atoms with Crippen LogP contribution < -0.4 is 5.73 Å². The van der Waals surface area contributed by atoms with Crippen LogP contribution in [-0.2, 0) is 7.05 Å². The third-order valence-electron chi connectivity index (χ3n) is 2.79. The van der Waals surface area contributed by atoms with Gasteiger partial charge in [0, 0.05) is 23.7 Å². The summed E-state index contributed by atoms with van der Waals surface area (Å²) < 4.78 is 1.81. The van der Waals surface area contributed by atoms with Crippen molar-refractivity contribution in [2.45, 2.75) is 26.2 Å². The van der Waals surface area contributed by atoms with Crippen molar-refractivity contribution in [1.82, 2.24) is 14.8 Å². The standard InChI is InChI=1S/C12H18N4S/c1-8(4-5-13)12-11(15-9(2)17-12)10-6-14-16(3)7-10/h6-8H,4-5,13H2,1-3H3. The lowest BCUT2D eigenvalue weighted by molar-refractivity contribution is 0.701. The molecule has 1 unspecified atom stereocenters. The molecule has 5 heteroatoms. The molecule has 2 rings (SSSR count). The maximum Gasteiger partial charge on any atom is 0.0904 e. The van der Waals surface area contributed by atoms with Gasteiger partial charge in [0.2, 0.25) is 0 Å². The summed E-state index contributed by atoms with van der Waals surface area (Å²) in [4.78, 5) is 5.94. The number of hydrogen-bond donors (Lipinski definition) is 1. The van der Waals surface area contributed by atoms with Crippen molar-refractivity contribution in [3.05, 3.63) is 22.3 Å². The molecule has 0 aromatic carbocycles. The Morgan fingerprint density at radius 3 is 2.88 bits per heavy atom. The topological polar surface area (TPSA) is 56.7 Å². The number of rotatable bonds is 4. The third-order valence-corrected chi connectivity index (χ3v) is 3.99. The molecule has 0 aliphatic heterocycles. The molecule has 0 aliphatic carbocycles. The predicted molar refractivity (Wildman–Crippen MR) is 71.1 cm³/mol. The van der Waals surface area contributed by atoms with Crippen molar-refractivity contribution >= 4 is 11.3 Å². The van der Waals surface area contributed by atoms with Gasteiger partial charge in [-0.25, -0.2) is 4.98 Å². The number of aryl methyl sites for hydroxylation is 2. The van der Waals surface area contributed by atoms with E-state index in [0.717, 1.165) is 22.7 Å². The van der Waals surface area contributed by atoms with Gasteiger partial charge in [0.15, 0.2) is 0 Å². The molecule has 0 saturated heterocycles. The van der Waals surface area contributed by atoms with Gasteiger partial charge in [-0.2, -0.15) is 5.10 Å². The van der Waals surface area contributed by atoms with Gasteiger partial charge in [0.05, 0.1) is 16.9 Å². The Bertz CT molecular complexity index is 500. The first-order valence-corrected chi connectivity index (χ1v) is 6.60. The maximum atomic E-state index is 5.63. The van der Waals surface area contributed by atoms with Crippen LogP contribution in [-0.4, -0.2) is 21.3 Å². The molecule has 2 aromatic rings. The van der Waals surface area contributed by atoms with E-state index in [1.54, 1.807) is 16.0 Å². The molecule has 0 amide bonds. The van der Waals surface area contributed by atoms with Crippen molar-refractivity contribution in [2.75, 3.05) is 6.54 Å². The molecule has 92 valence electrons. The minimum Gasteiger partial charge on any atom is -0.330 e. The normalized spacial score (nSPS) is 12.9. The van der Waals surface area contributed by atoms with E-state index >= 15 is 0 Å². The smallest absolute Gasteiger partial charge is 0.0904 e. The molecule has 4 nitrogen and oxygen atoms in total. The molecule has 2 aromatic heterocycles. The van der Waals surface area contributed by atoms with Gasteiger partial charge >= 0.3 is 0 Å². The Labute approximate surface area is 105 Å². The highest BCUT2D eigenvalue weighted by atomic mass is 32.1. The van der Waals surface area contributed by atoms with Gasteiger partial charge in [0.1, 0.15) is 0 Å². The second kappa shape index (κ2) is 4.98. The van der Waals surface area contributed by atoms with E-state index in [2.05, 4.69) is 17.0 Å². The van der Waals surface area contributed by atoms with Gasteiger partial charge in [-0.05, 0) is 25.8 Å². The van der Waals surface area contributed by atoms with E-state index in [-0.39, 0.29) is 0 Å². The monoisotopic (exact) mass is 250 g/mol. The van der Waals surface area contributed by atoms with Crippen LogP contribution >= 0.6 is 11.3 Å². The summed E-state index contributed by atoms with van der Waals surface area (Å²) in [5, 5.41) is 5.31. The Morgan fingerprint density at radius 2 is 2.29 bits per heavy atom. The minimum atomic E-state index is 0.460. The van der Waals surface area contributed by atoms with Crippen molar-refractivity contribution in [2.24, 2.45) is 12.8 Å². The van der Waals surface area contributed by atoms with E-state index in [4.69, 9.17) is 5.73 Å². The first kappa shape index (κ1) is 12.3. The highest BCUT2D eigenvalue weighted by Crippen LogP contribution is 2.34. The first-order valence-electron chi connectivity index (χ1n) is 5.78. The summed E-state index contributed by atoms with van der Waals surface area (Å²) in [5.74, 6) is 0.460. The zero-order valence-corrected chi connectivity index (χ0v) is 11.3. The molecule has 0 radical (unpaired) electrons. The van der Waals surface area contributed by atoms with E-state index < -0.39 is 0 Å². The van der Waals surface area contributed by atoms with Crippen LogP contribution in [0.1, 0.15) is 29.1 Å². The Hall–Kier alpha value is -1.20. The molecular weight excluding hydrogens is 232 g/mol. The van der Waals surface area contributed by atoms with Crippen LogP contribution in [0.3, 0.4) is 0 Å². The van der Waals surface area contributed by atoms with E-state index in [1.807, 2.05) is 26.4 Å². The molecule has 1 atom stereocenters. The summed E-state index contributed by atoms with van der Waals surface area (Å²) in [5.41, 5.74) is 7.80. The van der Waals surface area contributed by atoms with Gasteiger partial charge in [-0.1, -0.05) is 6.92 Å². The fraction of sp³-hybridized carbons (Fsp3) is 0.500. The lowest BCUT2D eigenvalue weighted by Gasteiger charge is -2.08. The molecule has 17 heavy (non-hydrogen) atoms. The second-order valence-corrected chi connectivity index (χ2v) is 5.56. The van der Waals surface area contributed by atoms with Gasteiger partial charge in [0.25, 0.3) is 0 Å². The molecule has 0 saturated carbocycles. The van der Waals surface area contributed by atoms with Crippen LogP contribution in [0.15, 0.2) is 12.4 Å². The average molecular weight is 250 g/mol. The number of nitrogens with zero attached hydrogens (tertiary/aromatic N) is 3.